The lowest BCUT2D eigenvalue weighted by atomic mass is 10.2. The van der Waals surface area contributed by atoms with Crippen molar-refractivity contribution in [2.75, 3.05) is 12.4 Å². The second kappa shape index (κ2) is 6.78. The minimum absolute atomic E-state index is 0.0376. The fraction of sp³-hybridized carbons (Fsp3) is 0.0625. The molecule has 3 aromatic rings. The molecule has 3 rings (SSSR count). The first-order valence-electron chi connectivity index (χ1n) is 6.72. The molecule has 7 heteroatoms. The minimum Gasteiger partial charge on any atom is -0.496 e. The predicted molar refractivity (Wildman–Crippen MR) is 93.4 cm³/mol. The largest absolute Gasteiger partial charge is 0.496 e. The van der Waals surface area contributed by atoms with Crippen molar-refractivity contribution in [2.24, 2.45) is 0 Å². The number of amides is 1. The third-order valence-corrected chi connectivity index (χ3v) is 4.04. The summed E-state index contributed by atoms with van der Waals surface area (Å²) in [5.41, 5.74) is 1.21. The Morgan fingerprint density at radius 2 is 1.87 bits per heavy atom. The number of aromatic nitrogens is 2. The summed E-state index contributed by atoms with van der Waals surface area (Å²) < 4.78 is 11.6. The number of nitrogens with zero attached hydrogens (tertiary/aromatic N) is 2. The Bertz CT molecular complexity index is 848. The smallest absolute Gasteiger partial charge is 0.322 e. The zero-order valence-electron chi connectivity index (χ0n) is 12.1. The van der Waals surface area contributed by atoms with Gasteiger partial charge in [-0.25, -0.2) is 0 Å². The van der Waals surface area contributed by atoms with E-state index in [9.17, 15) is 4.79 Å². The van der Waals surface area contributed by atoms with Gasteiger partial charge in [0.25, 0.3) is 11.8 Å². The standard InChI is InChI=1S/C16H12IN3O3/c1-22-13-9-5-3-7-11(13)15-19-20-16(23-15)18-14(21)10-6-2-4-8-12(10)17/h2-9H,1H3,(H,18,20,21). The van der Waals surface area contributed by atoms with Crippen LogP contribution in [0.4, 0.5) is 6.01 Å². The molecule has 0 spiro atoms. The molecule has 1 aromatic heterocycles. The number of nitrogens with one attached hydrogen (secondary N) is 1. The average molecular weight is 421 g/mol. The number of anilines is 1. The van der Waals surface area contributed by atoms with Crippen LogP contribution in [0.2, 0.25) is 0 Å². The van der Waals surface area contributed by atoms with Crippen LogP contribution >= 0.6 is 22.6 Å². The van der Waals surface area contributed by atoms with Crippen molar-refractivity contribution in [3.63, 3.8) is 0 Å². The molecule has 0 bridgehead atoms. The second-order valence-corrected chi connectivity index (χ2v) is 5.71. The van der Waals surface area contributed by atoms with Crippen molar-refractivity contribution in [1.82, 2.24) is 10.2 Å². The Balaban J connectivity index is 1.83. The molecule has 1 heterocycles. The van der Waals surface area contributed by atoms with Crippen LogP contribution in [0.5, 0.6) is 5.75 Å². The van der Waals surface area contributed by atoms with Crippen LogP contribution in [0.3, 0.4) is 0 Å². The predicted octanol–water partition coefficient (Wildman–Crippen LogP) is 3.60. The number of rotatable bonds is 4. The summed E-state index contributed by atoms with van der Waals surface area (Å²) >= 11 is 2.10. The zero-order chi connectivity index (χ0) is 16.2. The molecule has 6 nitrogen and oxygen atoms in total. The van der Waals surface area contributed by atoms with Gasteiger partial charge in [0.2, 0.25) is 0 Å². The van der Waals surface area contributed by atoms with Crippen LogP contribution in [0, 0.1) is 3.57 Å². The molecule has 2 aromatic carbocycles. The highest BCUT2D eigenvalue weighted by molar-refractivity contribution is 14.1. The molecular formula is C16H12IN3O3. The Kier molecular flexibility index (Phi) is 4.56. The first kappa shape index (κ1) is 15.5. The lowest BCUT2D eigenvalue weighted by Gasteiger charge is -2.04. The first-order chi connectivity index (χ1) is 11.2. The van der Waals surface area contributed by atoms with Crippen molar-refractivity contribution in [2.45, 2.75) is 0 Å². The van der Waals surface area contributed by atoms with E-state index in [0.29, 0.717) is 16.9 Å². The molecule has 0 unspecified atom stereocenters. The quantitative estimate of drug-likeness (QED) is 0.652. The van der Waals surface area contributed by atoms with Gasteiger partial charge in [-0.3, -0.25) is 10.1 Å². The highest BCUT2D eigenvalue weighted by Gasteiger charge is 2.16. The van der Waals surface area contributed by atoms with Gasteiger partial charge >= 0.3 is 6.01 Å². The van der Waals surface area contributed by atoms with E-state index >= 15 is 0 Å². The van der Waals surface area contributed by atoms with Gasteiger partial charge in [0, 0.05) is 3.57 Å². The molecule has 0 saturated carbocycles. The van der Waals surface area contributed by atoms with Gasteiger partial charge in [-0.2, -0.15) is 0 Å². The fourth-order valence-corrected chi connectivity index (χ4v) is 2.65. The maximum absolute atomic E-state index is 12.2. The molecule has 0 atom stereocenters. The molecule has 116 valence electrons. The highest BCUT2D eigenvalue weighted by Crippen LogP contribution is 2.29. The van der Waals surface area contributed by atoms with Crippen molar-refractivity contribution in [1.29, 1.82) is 0 Å². The Morgan fingerprint density at radius 3 is 2.65 bits per heavy atom. The number of para-hydroxylation sites is 1. The third kappa shape index (κ3) is 3.34. The maximum Gasteiger partial charge on any atom is 0.322 e. The Morgan fingerprint density at radius 1 is 1.13 bits per heavy atom. The van der Waals surface area contributed by atoms with Crippen LogP contribution in [-0.2, 0) is 0 Å². The molecular weight excluding hydrogens is 409 g/mol. The van der Waals surface area contributed by atoms with Crippen LogP contribution in [0.15, 0.2) is 52.9 Å². The summed E-state index contributed by atoms with van der Waals surface area (Å²) in [6, 6.07) is 14.6. The van der Waals surface area contributed by atoms with Gasteiger partial charge in [0.1, 0.15) is 5.75 Å². The summed E-state index contributed by atoms with van der Waals surface area (Å²) in [5, 5.41) is 10.4. The van der Waals surface area contributed by atoms with Crippen molar-refractivity contribution < 1.29 is 13.9 Å². The number of ether oxygens (including phenoxy) is 1. The van der Waals surface area contributed by atoms with Crippen molar-refractivity contribution >= 4 is 34.5 Å². The lowest BCUT2D eigenvalue weighted by molar-refractivity contribution is 0.102. The summed E-state index contributed by atoms with van der Waals surface area (Å²) in [5.74, 6) is 0.595. The van der Waals surface area contributed by atoms with Gasteiger partial charge in [0.05, 0.1) is 18.2 Å². The van der Waals surface area contributed by atoms with E-state index in [1.165, 1.54) is 0 Å². The van der Waals surface area contributed by atoms with Gasteiger partial charge in [0.15, 0.2) is 0 Å². The molecule has 0 aliphatic heterocycles. The molecule has 0 fully saturated rings. The monoisotopic (exact) mass is 421 g/mol. The number of hydrogen-bond donors (Lipinski definition) is 1. The van der Waals surface area contributed by atoms with Crippen molar-refractivity contribution in [3.05, 3.63) is 57.7 Å². The maximum atomic E-state index is 12.2. The number of carbonyl (C=O) groups excluding carboxylic acids is 1. The van der Waals surface area contributed by atoms with E-state index in [-0.39, 0.29) is 17.8 Å². The average Bonchev–Trinajstić information content (AvgIpc) is 3.03. The number of carbonyl (C=O) groups is 1. The second-order valence-electron chi connectivity index (χ2n) is 4.55. The molecule has 0 saturated heterocycles. The Labute approximate surface area is 146 Å². The van der Waals surface area contributed by atoms with Crippen LogP contribution in [-0.4, -0.2) is 23.2 Å². The topological polar surface area (TPSA) is 77.3 Å². The van der Waals surface area contributed by atoms with E-state index < -0.39 is 0 Å². The van der Waals surface area contributed by atoms with E-state index in [0.717, 1.165) is 3.57 Å². The zero-order valence-corrected chi connectivity index (χ0v) is 14.3. The van der Waals surface area contributed by atoms with Gasteiger partial charge in [-0.1, -0.05) is 29.4 Å². The number of methoxy groups -OCH3 is 1. The number of benzene rings is 2. The molecule has 1 amide bonds. The summed E-state index contributed by atoms with van der Waals surface area (Å²) in [4.78, 5) is 12.2. The first-order valence-corrected chi connectivity index (χ1v) is 7.79. The normalized spacial score (nSPS) is 10.3. The fourth-order valence-electron chi connectivity index (χ4n) is 2.01. The summed E-state index contributed by atoms with van der Waals surface area (Å²) in [7, 11) is 1.56. The van der Waals surface area contributed by atoms with Crippen LogP contribution in [0.1, 0.15) is 10.4 Å². The van der Waals surface area contributed by atoms with Gasteiger partial charge in [-0.15, -0.1) is 5.10 Å². The van der Waals surface area contributed by atoms with Crippen molar-refractivity contribution in [3.8, 4) is 17.2 Å². The SMILES string of the molecule is COc1ccccc1-c1nnc(NC(=O)c2ccccc2I)o1. The molecule has 23 heavy (non-hydrogen) atoms. The van der Waals surface area contributed by atoms with Crippen LogP contribution < -0.4 is 10.1 Å². The Hall–Kier alpha value is -2.42. The van der Waals surface area contributed by atoms with E-state index in [4.69, 9.17) is 9.15 Å². The minimum atomic E-state index is -0.301. The van der Waals surface area contributed by atoms with Gasteiger partial charge in [-0.05, 0) is 46.9 Å². The van der Waals surface area contributed by atoms with E-state index in [1.807, 2.05) is 24.3 Å². The van der Waals surface area contributed by atoms with Gasteiger partial charge < -0.3 is 9.15 Å². The highest BCUT2D eigenvalue weighted by atomic mass is 127. The number of hydrogen-bond acceptors (Lipinski definition) is 5. The summed E-state index contributed by atoms with van der Waals surface area (Å²) in [6.45, 7) is 0. The van der Waals surface area contributed by atoms with E-state index in [1.54, 1.807) is 31.4 Å². The number of halogens is 1. The molecule has 0 aliphatic rings. The van der Waals surface area contributed by atoms with E-state index in [2.05, 4.69) is 38.1 Å². The summed E-state index contributed by atoms with van der Waals surface area (Å²) in [6.07, 6.45) is 0. The third-order valence-electron chi connectivity index (χ3n) is 3.10. The molecule has 0 radical (unpaired) electrons. The molecule has 1 N–H and O–H groups in total. The lowest BCUT2D eigenvalue weighted by Crippen LogP contribution is -2.13. The molecule has 0 aliphatic carbocycles. The van der Waals surface area contributed by atoms with Crippen LogP contribution in [0.25, 0.3) is 11.5 Å².